The normalized spacial score (nSPS) is 13.6. The van der Waals surface area contributed by atoms with E-state index in [0.29, 0.717) is 6.42 Å². The van der Waals surface area contributed by atoms with Crippen LogP contribution in [0.3, 0.4) is 0 Å². The first kappa shape index (κ1) is 10.9. The molecule has 0 saturated carbocycles. The van der Waals surface area contributed by atoms with Gasteiger partial charge in [0.25, 0.3) is 0 Å². The largest absolute Gasteiger partial charge is 0.394 e. The summed E-state index contributed by atoms with van der Waals surface area (Å²) >= 11 is 0. The molecule has 0 aliphatic carbocycles. The zero-order valence-corrected chi connectivity index (χ0v) is 7.59. The van der Waals surface area contributed by atoms with Gasteiger partial charge in [-0.15, -0.1) is 0 Å². The molecule has 0 spiro atoms. The third kappa shape index (κ3) is 4.35. The van der Waals surface area contributed by atoms with Crippen molar-refractivity contribution in [3.05, 3.63) is 0 Å². The lowest BCUT2D eigenvalue weighted by Crippen LogP contribution is -2.49. The number of hydrogen-bond donors (Lipinski definition) is 3. The van der Waals surface area contributed by atoms with Crippen LogP contribution in [-0.4, -0.2) is 29.0 Å². The van der Waals surface area contributed by atoms with Gasteiger partial charge in [-0.2, -0.15) is 0 Å². The van der Waals surface area contributed by atoms with Crippen molar-refractivity contribution in [2.24, 2.45) is 11.1 Å². The predicted octanol–water partition coefficient (Wildman–Crippen LogP) is 0.105. The fourth-order valence-corrected chi connectivity index (χ4v) is 1.22. The van der Waals surface area contributed by atoms with Crippen LogP contribution in [0.4, 0.5) is 0 Å². The Labute approximate surface area is 68.2 Å². The topological polar surface area (TPSA) is 66.5 Å². The third-order valence-corrected chi connectivity index (χ3v) is 1.51. The van der Waals surface area contributed by atoms with Crippen molar-refractivity contribution < 1.29 is 10.2 Å². The fourth-order valence-electron chi connectivity index (χ4n) is 1.22. The Morgan fingerprint density at radius 3 is 1.55 bits per heavy atom. The van der Waals surface area contributed by atoms with E-state index in [2.05, 4.69) is 0 Å². The lowest BCUT2D eigenvalue weighted by atomic mass is 9.81. The Morgan fingerprint density at radius 1 is 1.09 bits per heavy atom. The molecule has 0 amide bonds. The summed E-state index contributed by atoms with van der Waals surface area (Å²) in [5.41, 5.74) is 4.90. The second-order valence-corrected chi connectivity index (χ2v) is 4.42. The smallest absolute Gasteiger partial charge is 0.0633 e. The summed E-state index contributed by atoms with van der Waals surface area (Å²) < 4.78 is 0. The van der Waals surface area contributed by atoms with E-state index in [1.54, 1.807) is 0 Å². The van der Waals surface area contributed by atoms with Crippen molar-refractivity contribution in [2.75, 3.05) is 13.2 Å². The average Bonchev–Trinajstić information content (AvgIpc) is 1.84. The standard InChI is InChI=1S/C8H19NO2/c1-7(2,3)4-8(9,5-10)6-11/h10-11H,4-6,9H2,1-3H3. The Kier molecular flexibility index (Phi) is 3.48. The van der Waals surface area contributed by atoms with Crippen LogP contribution in [0.2, 0.25) is 0 Å². The molecule has 0 heterocycles. The van der Waals surface area contributed by atoms with Gasteiger partial charge in [0, 0.05) is 0 Å². The maximum absolute atomic E-state index is 8.86. The van der Waals surface area contributed by atoms with Gasteiger partial charge < -0.3 is 15.9 Å². The van der Waals surface area contributed by atoms with Crippen LogP contribution in [0.15, 0.2) is 0 Å². The number of hydrogen-bond acceptors (Lipinski definition) is 3. The molecule has 0 bridgehead atoms. The van der Waals surface area contributed by atoms with Crippen molar-refractivity contribution in [1.82, 2.24) is 0 Å². The highest BCUT2D eigenvalue weighted by Crippen LogP contribution is 2.25. The molecule has 0 aromatic heterocycles. The van der Waals surface area contributed by atoms with E-state index in [4.69, 9.17) is 15.9 Å². The van der Waals surface area contributed by atoms with Gasteiger partial charge >= 0.3 is 0 Å². The van der Waals surface area contributed by atoms with Gasteiger partial charge in [0.2, 0.25) is 0 Å². The minimum Gasteiger partial charge on any atom is -0.394 e. The van der Waals surface area contributed by atoms with Gasteiger partial charge in [-0.1, -0.05) is 20.8 Å². The van der Waals surface area contributed by atoms with Crippen molar-refractivity contribution >= 4 is 0 Å². The van der Waals surface area contributed by atoms with Crippen LogP contribution in [0.5, 0.6) is 0 Å². The molecule has 0 aliphatic rings. The molecule has 0 aromatic rings. The monoisotopic (exact) mass is 161 g/mol. The van der Waals surface area contributed by atoms with E-state index >= 15 is 0 Å². The molecule has 0 rings (SSSR count). The van der Waals surface area contributed by atoms with Gasteiger partial charge in [-0.25, -0.2) is 0 Å². The molecule has 0 radical (unpaired) electrons. The Hall–Kier alpha value is -0.120. The summed E-state index contributed by atoms with van der Waals surface area (Å²) in [6.45, 7) is 5.75. The average molecular weight is 161 g/mol. The summed E-state index contributed by atoms with van der Waals surface area (Å²) in [5.74, 6) is 0. The maximum Gasteiger partial charge on any atom is 0.0633 e. The summed E-state index contributed by atoms with van der Waals surface area (Å²) in [4.78, 5) is 0. The molecule has 11 heavy (non-hydrogen) atoms. The van der Waals surface area contributed by atoms with Crippen molar-refractivity contribution in [3.8, 4) is 0 Å². The second-order valence-electron chi connectivity index (χ2n) is 4.42. The van der Waals surface area contributed by atoms with E-state index in [-0.39, 0.29) is 18.6 Å². The number of aliphatic hydroxyl groups excluding tert-OH is 2. The van der Waals surface area contributed by atoms with E-state index in [0.717, 1.165) is 0 Å². The molecular weight excluding hydrogens is 142 g/mol. The highest BCUT2D eigenvalue weighted by atomic mass is 16.3. The number of rotatable bonds is 3. The van der Waals surface area contributed by atoms with Gasteiger partial charge in [0.1, 0.15) is 0 Å². The molecule has 0 saturated heterocycles. The minimum absolute atomic E-state index is 0.0419. The summed E-state index contributed by atoms with van der Waals surface area (Å²) in [5, 5.41) is 17.7. The van der Waals surface area contributed by atoms with Gasteiger partial charge in [0.05, 0.1) is 18.8 Å². The zero-order valence-electron chi connectivity index (χ0n) is 7.59. The molecule has 68 valence electrons. The Bertz CT molecular complexity index is 114. The lowest BCUT2D eigenvalue weighted by Gasteiger charge is -2.32. The molecule has 3 heteroatoms. The third-order valence-electron chi connectivity index (χ3n) is 1.51. The Morgan fingerprint density at radius 2 is 1.45 bits per heavy atom. The highest BCUT2D eigenvalue weighted by molar-refractivity contribution is 4.87. The molecule has 0 unspecified atom stereocenters. The molecule has 0 atom stereocenters. The van der Waals surface area contributed by atoms with Crippen LogP contribution < -0.4 is 5.73 Å². The summed E-state index contributed by atoms with van der Waals surface area (Å²) in [7, 11) is 0. The Balaban J connectivity index is 4.08. The highest BCUT2D eigenvalue weighted by Gasteiger charge is 2.29. The first-order valence-corrected chi connectivity index (χ1v) is 3.84. The maximum atomic E-state index is 8.86. The zero-order chi connectivity index (χ0) is 9.12. The van der Waals surface area contributed by atoms with E-state index < -0.39 is 5.54 Å². The van der Waals surface area contributed by atoms with E-state index in [9.17, 15) is 0 Å². The molecule has 4 N–H and O–H groups in total. The molecule has 3 nitrogen and oxygen atoms in total. The van der Waals surface area contributed by atoms with Crippen molar-refractivity contribution in [2.45, 2.75) is 32.7 Å². The minimum atomic E-state index is -0.821. The first-order valence-electron chi connectivity index (χ1n) is 3.84. The van der Waals surface area contributed by atoms with Gasteiger partial charge in [0.15, 0.2) is 0 Å². The first-order chi connectivity index (χ1) is 4.83. The van der Waals surface area contributed by atoms with Gasteiger partial charge in [-0.05, 0) is 11.8 Å². The summed E-state index contributed by atoms with van der Waals surface area (Å²) in [6.07, 6.45) is 0.618. The van der Waals surface area contributed by atoms with E-state index in [1.165, 1.54) is 0 Å². The molecule has 0 aliphatic heterocycles. The SMILES string of the molecule is CC(C)(C)CC(N)(CO)CO. The lowest BCUT2D eigenvalue weighted by molar-refractivity contribution is 0.0868. The molecule has 0 fully saturated rings. The molecule has 0 aromatic carbocycles. The number of aliphatic hydroxyl groups is 2. The number of nitrogens with two attached hydrogens (primary N) is 1. The van der Waals surface area contributed by atoms with Crippen LogP contribution in [-0.2, 0) is 0 Å². The second kappa shape index (κ2) is 3.52. The van der Waals surface area contributed by atoms with Crippen molar-refractivity contribution in [1.29, 1.82) is 0 Å². The predicted molar refractivity (Wildman–Crippen MR) is 45.2 cm³/mol. The summed E-state index contributed by atoms with van der Waals surface area (Å²) in [6, 6.07) is 0. The van der Waals surface area contributed by atoms with Crippen LogP contribution in [0.25, 0.3) is 0 Å². The van der Waals surface area contributed by atoms with Gasteiger partial charge in [-0.3, -0.25) is 0 Å². The van der Waals surface area contributed by atoms with Crippen LogP contribution >= 0.6 is 0 Å². The van der Waals surface area contributed by atoms with E-state index in [1.807, 2.05) is 20.8 Å². The fraction of sp³-hybridized carbons (Fsp3) is 1.00. The van der Waals surface area contributed by atoms with Crippen LogP contribution in [0.1, 0.15) is 27.2 Å². The van der Waals surface area contributed by atoms with Crippen molar-refractivity contribution in [3.63, 3.8) is 0 Å². The quantitative estimate of drug-likeness (QED) is 0.550. The van der Waals surface area contributed by atoms with Crippen LogP contribution in [0, 0.1) is 5.41 Å². The molecular formula is C8H19NO2.